The molecule has 54 valence electrons. The number of pyridine rings is 1. The van der Waals surface area contributed by atoms with Gasteiger partial charge in [0.25, 0.3) is 0 Å². The number of aryl methyl sites for hydroxylation is 1. The van der Waals surface area contributed by atoms with Crippen LogP contribution in [0.3, 0.4) is 0 Å². The van der Waals surface area contributed by atoms with E-state index in [9.17, 15) is 4.39 Å². The van der Waals surface area contributed by atoms with Crippen molar-refractivity contribution >= 4 is 5.69 Å². The molecule has 0 radical (unpaired) electrons. The molecule has 1 heterocycles. The molecule has 1 aromatic rings. The van der Waals surface area contributed by atoms with Crippen LogP contribution in [-0.2, 0) is 6.42 Å². The van der Waals surface area contributed by atoms with Gasteiger partial charge in [-0.3, -0.25) is 4.98 Å². The number of nitrogen functional groups attached to an aromatic ring is 1. The smallest absolute Gasteiger partial charge is 0.152 e. The molecule has 0 aliphatic heterocycles. The Kier molecular flexibility index (Phi) is 1.85. The summed E-state index contributed by atoms with van der Waals surface area (Å²) >= 11 is 0. The Morgan fingerprint density at radius 3 is 2.80 bits per heavy atom. The Morgan fingerprint density at radius 2 is 2.30 bits per heavy atom. The van der Waals surface area contributed by atoms with Crippen LogP contribution in [0.25, 0.3) is 0 Å². The normalized spacial score (nSPS) is 9.80. The third kappa shape index (κ3) is 1.07. The van der Waals surface area contributed by atoms with Gasteiger partial charge in [0, 0.05) is 11.8 Å². The maximum Gasteiger partial charge on any atom is 0.152 e. The van der Waals surface area contributed by atoms with E-state index >= 15 is 0 Å². The lowest BCUT2D eigenvalue weighted by atomic mass is 10.2. The summed E-state index contributed by atoms with van der Waals surface area (Å²) in [5.74, 6) is -0.336. The van der Waals surface area contributed by atoms with Crippen molar-refractivity contribution < 1.29 is 4.39 Å². The van der Waals surface area contributed by atoms with Crippen molar-refractivity contribution in [2.75, 3.05) is 5.73 Å². The number of hydrogen-bond donors (Lipinski definition) is 1. The Hall–Kier alpha value is -1.12. The summed E-state index contributed by atoms with van der Waals surface area (Å²) in [6, 6.07) is 0. The molecule has 0 bridgehead atoms. The molecule has 0 aliphatic carbocycles. The predicted octanol–water partition coefficient (Wildman–Crippen LogP) is 1.37. The zero-order chi connectivity index (χ0) is 7.56. The quantitative estimate of drug-likeness (QED) is 0.639. The van der Waals surface area contributed by atoms with Crippen molar-refractivity contribution in [1.29, 1.82) is 0 Å². The van der Waals surface area contributed by atoms with Crippen molar-refractivity contribution in [3.05, 3.63) is 23.8 Å². The van der Waals surface area contributed by atoms with Gasteiger partial charge in [0.15, 0.2) is 5.82 Å². The predicted molar refractivity (Wildman–Crippen MR) is 38.0 cm³/mol. The van der Waals surface area contributed by atoms with E-state index in [2.05, 4.69) is 4.98 Å². The van der Waals surface area contributed by atoms with Crippen LogP contribution in [0.15, 0.2) is 12.4 Å². The summed E-state index contributed by atoms with van der Waals surface area (Å²) in [5, 5.41) is 0. The Balaban J connectivity index is 3.14. The summed E-state index contributed by atoms with van der Waals surface area (Å²) in [6.07, 6.45) is 3.43. The summed E-state index contributed by atoms with van der Waals surface area (Å²) < 4.78 is 12.8. The summed E-state index contributed by atoms with van der Waals surface area (Å²) in [5.41, 5.74) is 5.95. The van der Waals surface area contributed by atoms with Gasteiger partial charge in [0.05, 0.1) is 11.9 Å². The first kappa shape index (κ1) is 6.99. The van der Waals surface area contributed by atoms with Crippen LogP contribution in [0, 0.1) is 5.82 Å². The first-order chi connectivity index (χ1) is 4.75. The average Bonchev–Trinajstić information content (AvgIpc) is 1.95. The molecule has 2 N–H and O–H groups in total. The summed E-state index contributed by atoms with van der Waals surface area (Å²) in [6.45, 7) is 1.86. The number of nitrogens with zero attached hydrogens (tertiary/aromatic N) is 1. The molecule has 1 rings (SSSR count). The number of halogens is 1. The zero-order valence-corrected chi connectivity index (χ0v) is 5.76. The van der Waals surface area contributed by atoms with Gasteiger partial charge in [0.1, 0.15) is 0 Å². The highest BCUT2D eigenvalue weighted by Gasteiger charge is 2.02. The highest BCUT2D eigenvalue weighted by atomic mass is 19.1. The monoisotopic (exact) mass is 140 g/mol. The maximum absolute atomic E-state index is 12.8. The van der Waals surface area contributed by atoms with Crippen molar-refractivity contribution in [3.8, 4) is 0 Å². The minimum Gasteiger partial charge on any atom is -0.395 e. The number of aromatic nitrogens is 1. The van der Waals surface area contributed by atoms with Crippen LogP contribution >= 0.6 is 0 Å². The lowest BCUT2D eigenvalue weighted by Gasteiger charge is -1.99. The molecule has 2 nitrogen and oxygen atoms in total. The molecule has 0 aromatic carbocycles. The van der Waals surface area contributed by atoms with E-state index in [0.717, 1.165) is 0 Å². The molecular weight excluding hydrogens is 131 g/mol. The van der Waals surface area contributed by atoms with Gasteiger partial charge in [-0.05, 0) is 6.42 Å². The van der Waals surface area contributed by atoms with Crippen molar-refractivity contribution in [1.82, 2.24) is 4.98 Å². The summed E-state index contributed by atoms with van der Waals surface area (Å²) in [4.78, 5) is 3.75. The van der Waals surface area contributed by atoms with E-state index in [1.54, 1.807) is 0 Å². The van der Waals surface area contributed by atoms with Gasteiger partial charge in [0.2, 0.25) is 0 Å². The molecule has 3 heteroatoms. The van der Waals surface area contributed by atoms with Crippen LogP contribution in [-0.4, -0.2) is 4.98 Å². The van der Waals surface area contributed by atoms with E-state index in [1.165, 1.54) is 12.4 Å². The molecule has 0 amide bonds. The Morgan fingerprint density at radius 1 is 1.60 bits per heavy atom. The molecule has 1 aromatic heterocycles. The number of anilines is 1. The van der Waals surface area contributed by atoms with E-state index in [-0.39, 0.29) is 11.5 Å². The second kappa shape index (κ2) is 2.64. The van der Waals surface area contributed by atoms with E-state index in [1.807, 2.05) is 6.92 Å². The molecule has 0 unspecified atom stereocenters. The molecule has 0 fully saturated rings. The van der Waals surface area contributed by atoms with E-state index in [4.69, 9.17) is 5.73 Å². The minimum absolute atomic E-state index is 0.124. The lowest BCUT2D eigenvalue weighted by Crippen LogP contribution is -1.96. The second-order valence-corrected chi connectivity index (χ2v) is 2.06. The highest BCUT2D eigenvalue weighted by Crippen LogP contribution is 2.12. The Bertz CT molecular complexity index is 235. The first-order valence-corrected chi connectivity index (χ1v) is 3.13. The van der Waals surface area contributed by atoms with Gasteiger partial charge < -0.3 is 5.73 Å². The van der Waals surface area contributed by atoms with Gasteiger partial charge in [-0.15, -0.1) is 0 Å². The largest absolute Gasteiger partial charge is 0.395 e. The third-order valence-electron chi connectivity index (χ3n) is 1.36. The molecule has 0 saturated heterocycles. The summed E-state index contributed by atoms with van der Waals surface area (Å²) in [7, 11) is 0. The fourth-order valence-corrected chi connectivity index (χ4v) is 0.753. The molecular formula is C7H9FN2. The first-order valence-electron chi connectivity index (χ1n) is 3.13. The molecule has 0 saturated carbocycles. The number of hydrogen-bond acceptors (Lipinski definition) is 2. The van der Waals surface area contributed by atoms with Gasteiger partial charge >= 0.3 is 0 Å². The molecule has 0 aliphatic rings. The number of nitrogens with two attached hydrogens (primary N) is 1. The van der Waals surface area contributed by atoms with Crippen LogP contribution in [0.5, 0.6) is 0 Å². The minimum atomic E-state index is -0.336. The average molecular weight is 140 g/mol. The van der Waals surface area contributed by atoms with Gasteiger partial charge in [-0.25, -0.2) is 4.39 Å². The Labute approximate surface area is 58.9 Å². The SMILES string of the molecule is CCc1cncc(N)c1F. The molecule has 0 spiro atoms. The van der Waals surface area contributed by atoms with Crippen LogP contribution in [0.4, 0.5) is 10.1 Å². The van der Waals surface area contributed by atoms with Crippen molar-refractivity contribution in [2.24, 2.45) is 0 Å². The van der Waals surface area contributed by atoms with Crippen molar-refractivity contribution in [3.63, 3.8) is 0 Å². The van der Waals surface area contributed by atoms with Gasteiger partial charge in [-0.2, -0.15) is 0 Å². The highest BCUT2D eigenvalue weighted by molar-refractivity contribution is 5.39. The van der Waals surface area contributed by atoms with E-state index in [0.29, 0.717) is 12.0 Å². The second-order valence-electron chi connectivity index (χ2n) is 2.06. The third-order valence-corrected chi connectivity index (χ3v) is 1.36. The topological polar surface area (TPSA) is 38.9 Å². The fourth-order valence-electron chi connectivity index (χ4n) is 0.753. The van der Waals surface area contributed by atoms with Crippen LogP contribution in [0.2, 0.25) is 0 Å². The maximum atomic E-state index is 12.8. The van der Waals surface area contributed by atoms with Gasteiger partial charge in [-0.1, -0.05) is 6.92 Å². The fraction of sp³-hybridized carbons (Fsp3) is 0.286. The molecule has 0 atom stereocenters. The lowest BCUT2D eigenvalue weighted by molar-refractivity contribution is 0.614. The zero-order valence-electron chi connectivity index (χ0n) is 5.76. The molecule has 10 heavy (non-hydrogen) atoms. The standard InChI is InChI=1S/C7H9FN2/c1-2-5-3-10-4-6(9)7(5)8/h3-4H,2,9H2,1H3. The van der Waals surface area contributed by atoms with Crippen LogP contribution in [0.1, 0.15) is 12.5 Å². The van der Waals surface area contributed by atoms with Crippen LogP contribution < -0.4 is 5.73 Å². The van der Waals surface area contributed by atoms with Crippen molar-refractivity contribution in [2.45, 2.75) is 13.3 Å². The number of rotatable bonds is 1. The van der Waals surface area contributed by atoms with E-state index < -0.39 is 0 Å².